The second-order valence-electron chi connectivity index (χ2n) is 11.9. The molecule has 0 atom stereocenters. The summed E-state index contributed by atoms with van der Waals surface area (Å²) in [6.45, 7) is 11.9. The molecule has 0 spiro atoms. The van der Waals surface area contributed by atoms with Gasteiger partial charge in [-0.3, -0.25) is 0 Å². The van der Waals surface area contributed by atoms with Crippen LogP contribution in [0.4, 0.5) is 11.4 Å². The average Bonchev–Trinajstić information content (AvgIpc) is 3.13. The van der Waals surface area contributed by atoms with Crippen molar-refractivity contribution in [3.8, 4) is 12.1 Å². The van der Waals surface area contributed by atoms with E-state index < -0.39 is 23.9 Å². The highest BCUT2D eigenvalue weighted by Gasteiger charge is 2.13. The van der Waals surface area contributed by atoms with Gasteiger partial charge in [-0.05, 0) is 87.1 Å². The van der Waals surface area contributed by atoms with Crippen molar-refractivity contribution in [2.75, 3.05) is 63.4 Å². The Balaban J connectivity index is 1.69. The van der Waals surface area contributed by atoms with Gasteiger partial charge < -0.3 is 28.7 Å². The first-order valence-corrected chi connectivity index (χ1v) is 16.7. The normalized spacial score (nSPS) is 11.0. The predicted molar refractivity (Wildman–Crippen MR) is 199 cm³/mol. The molecule has 52 heavy (non-hydrogen) atoms. The molecule has 2 rings (SSSR count). The predicted octanol–water partition coefficient (Wildman–Crippen LogP) is 5.96. The summed E-state index contributed by atoms with van der Waals surface area (Å²) in [5, 5.41) is 19.0. The smallest absolute Gasteiger partial charge is 0.348 e. The van der Waals surface area contributed by atoms with Gasteiger partial charge in [-0.15, -0.1) is 0 Å². The van der Waals surface area contributed by atoms with Gasteiger partial charge in [-0.2, -0.15) is 10.5 Å². The number of likely N-dealkylation sites (N-methyl/N-ethyl adjacent to an activating group) is 2. The molecule has 0 heterocycles. The van der Waals surface area contributed by atoms with E-state index in [-0.39, 0.29) is 37.6 Å². The van der Waals surface area contributed by atoms with E-state index in [2.05, 4.69) is 13.2 Å². The van der Waals surface area contributed by atoms with Gasteiger partial charge in [0, 0.05) is 36.6 Å². The third-order valence-electron chi connectivity index (χ3n) is 7.49. The molecule has 0 aromatic heterocycles. The third-order valence-corrected chi connectivity index (χ3v) is 7.49. The standard InChI is InChI=1S/C40H46N4O8/c1-29(2)37(45)51-23-19-43(5)35-15-11-31(12-16-35)25-33(27-41)39(47)49-21-9-7-8-10-22-50-40(48)34(28-42)26-32-13-17-36(18-14-32)44(6)20-24-52-38(46)30(3)4/h11-18,25-26H,1,3,7-10,19-24H2,2,4-6H3. The molecule has 0 N–H and O–H groups in total. The monoisotopic (exact) mass is 710 g/mol. The van der Waals surface area contributed by atoms with Gasteiger partial charge in [0.05, 0.1) is 26.3 Å². The number of nitrogens with zero attached hydrogens (tertiary/aromatic N) is 4. The second-order valence-corrected chi connectivity index (χ2v) is 11.9. The van der Waals surface area contributed by atoms with Crippen molar-refractivity contribution in [1.82, 2.24) is 0 Å². The minimum Gasteiger partial charge on any atom is -0.462 e. The highest BCUT2D eigenvalue weighted by Crippen LogP contribution is 2.18. The largest absolute Gasteiger partial charge is 0.462 e. The molecule has 0 saturated carbocycles. The van der Waals surface area contributed by atoms with E-state index in [0.717, 1.165) is 11.4 Å². The lowest BCUT2D eigenvalue weighted by Gasteiger charge is -2.19. The van der Waals surface area contributed by atoms with Crippen LogP contribution in [0.25, 0.3) is 12.2 Å². The number of esters is 4. The first-order valence-electron chi connectivity index (χ1n) is 16.7. The van der Waals surface area contributed by atoms with Crippen molar-refractivity contribution in [2.24, 2.45) is 0 Å². The van der Waals surface area contributed by atoms with Gasteiger partial charge in [0.15, 0.2) is 0 Å². The van der Waals surface area contributed by atoms with Crippen molar-refractivity contribution in [2.45, 2.75) is 39.5 Å². The van der Waals surface area contributed by atoms with Crippen molar-refractivity contribution < 1.29 is 38.1 Å². The summed E-state index contributed by atoms with van der Waals surface area (Å²) in [7, 11) is 3.71. The van der Waals surface area contributed by atoms with Crippen LogP contribution in [0.1, 0.15) is 50.7 Å². The molecule has 0 saturated heterocycles. The van der Waals surface area contributed by atoms with Crippen molar-refractivity contribution in [1.29, 1.82) is 10.5 Å². The molecule has 2 aromatic carbocycles. The van der Waals surface area contributed by atoms with Crippen molar-refractivity contribution in [3.05, 3.63) is 95.1 Å². The van der Waals surface area contributed by atoms with Crippen LogP contribution in [0.5, 0.6) is 0 Å². The maximum Gasteiger partial charge on any atom is 0.348 e. The Hall–Kier alpha value is -6.14. The van der Waals surface area contributed by atoms with E-state index in [0.29, 0.717) is 61.0 Å². The van der Waals surface area contributed by atoms with Gasteiger partial charge >= 0.3 is 23.9 Å². The van der Waals surface area contributed by atoms with E-state index in [1.54, 1.807) is 38.1 Å². The summed E-state index contributed by atoms with van der Waals surface area (Å²) in [4.78, 5) is 51.8. The molecule has 0 bridgehead atoms. The zero-order valence-corrected chi connectivity index (χ0v) is 30.3. The van der Waals surface area contributed by atoms with Crippen LogP contribution in [0.3, 0.4) is 0 Å². The fourth-order valence-corrected chi connectivity index (χ4v) is 4.36. The Kier molecular flexibility index (Phi) is 18.2. The Morgan fingerprint density at radius 2 is 0.904 bits per heavy atom. The zero-order chi connectivity index (χ0) is 38.5. The number of hydrogen-bond acceptors (Lipinski definition) is 12. The number of ether oxygens (including phenoxy) is 4. The molecule has 0 aliphatic heterocycles. The third kappa shape index (κ3) is 15.2. The molecule has 274 valence electrons. The molecule has 0 unspecified atom stereocenters. The van der Waals surface area contributed by atoms with Crippen molar-refractivity contribution >= 4 is 47.4 Å². The summed E-state index contributed by atoms with van der Waals surface area (Å²) in [6, 6.07) is 18.2. The number of rotatable bonds is 21. The van der Waals surface area contributed by atoms with Crippen molar-refractivity contribution in [3.63, 3.8) is 0 Å². The lowest BCUT2D eigenvalue weighted by atomic mass is 10.1. The van der Waals surface area contributed by atoms with E-state index in [1.165, 1.54) is 12.2 Å². The van der Waals surface area contributed by atoms with Crippen LogP contribution in [0, 0.1) is 22.7 Å². The number of carbonyl (C=O) groups excluding carboxylic acids is 4. The maximum absolute atomic E-state index is 12.5. The minimum atomic E-state index is -0.712. The molecule has 0 amide bonds. The number of hydrogen-bond donors (Lipinski definition) is 0. The van der Waals surface area contributed by atoms with Crippen LogP contribution in [-0.4, -0.2) is 77.5 Å². The number of nitriles is 2. The summed E-state index contributed by atoms with van der Waals surface area (Å²) in [6.07, 6.45) is 5.46. The van der Waals surface area contributed by atoms with Gasteiger partial charge in [-0.1, -0.05) is 37.4 Å². The highest BCUT2D eigenvalue weighted by molar-refractivity contribution is 5.98. The van der Waals surface area contributed by atoms with Crippen LogP contribution in [0.2, 0.25) is 0 Å². The summed E-state index contributed by atoms with van der Waals surface area (Å²) in [5.74, 6) is -2.30. The first-order chi connectivity index (χ1) is 24.9. The first kappa shape index (κ1) is 42.0. The molecule has 12 heteroatoms. The van der Waals surface area contributed by atoms with Crippen LogP contribution < -0.4 is 9.80 Å². The number of carbonyl (C=O) groups is 4. The molecule has 0 aliphatic rings. The van der Waals surface area contributed by atoms with Crippen LogP contribution >= 0.6 is 0 Å². The van der Waals surface area contributed by atoms with Gasteiger partial charge in [0.25, 0.3) is 0 Å². The fraction of sp³-hybridized carbons (Fsp3) is 0.350. The Morgan fingerprint density at radius 3 is 1.21 bits per heavy atom. The van der Waals surface area contributed by atoms with E-state index >= 15 is 0 Å². The van der Waals surface area contributed by atoms with Gasteiger partial charge in [0.2, 0.25) is 0 Å². The fourth-order valence-electron chi connectivity index (χ4n) is 4.36. The van der Waals surface area contributed by atoms with E-state index in [4.69, 9.17) is 18.9 Å². The molecule has 0 fully saturated rings. The summed E-state index contributed by atoms with van der Waals surface area (Å²) >= 11 is 0. The van der Waals surface area contributed by atoms with Gasteiger partial charge in [0.1, 0.15) is 36.5 Å². The molecule has 12 nitrogen and oxygen atoms in total. The molecule has 2 aromatic rings. The highest BCUT2D eigenvalue weighted by atomic mass is 16.5. The second kappa shape index (κ2) is 22.6. The Labute approximate surface area is 305 Å². The number of anilines is 2. The lowest BCUT2D eigenvalue weighted by Crippen LogP contribution is -2.24. The number of benzene rings is 2. The number of unbranched alkanes of at least 4 members (excludes halogenated alkanes) is 3. The maximum atomic E-state index is 12.5. The lowest BCUT2D eigenvalue weighted by molar-refractivity contribution is -0.139. The average molecular weight is 711 g/mol. The molecular weight excluding hydrogens is 664 g/mol. The van der Waals surface area contributed by atoms with Crippen LogP contribution in [0.15, 0.2) is 84.0 Å². The Bertz CT molecular complexity index is 1590. The topological polar surface area (TPSA) is 159 Å². The molecule has 0 radical (unpaired) electrons. The molecule has 0 aliphatic carbocycles. The van der Waals surface area contributed by atoms with E-state index in [9.17, 15) is 29.7 Å². The SMILES string of the molecule is C=C(C)C(=O)OCCN(C)c1ccc(C=C(C#N)C(=O)OCCCCCCOC(=O)C(C#N)=Cc2ccc(N(C)CCOC(=O)C(=C)C)cc2)cc1. The van der Waals surface area contributed by atoms with E-state index in [1.807, 2.05) is 60.3 Å². The minimum absolute atomic E-state index is 0.122. The van der Waals surface area contributed by atoms with Gasteiger partial charge in [-0.25, -0.2) is 19.2 Å². The quantitative estimate of drug-likeness (QED) is 0.0493. The van der Waals surface area contributed by atoms with Crippen LogP contribution in [-0.2, 0) is 38.1 Å². The summed E-state index contributed by atoms with van der Waals surface area (Å²) in [5.41, 5.74) is 3.48. The molecular formula is C40H46N4O8. The zero-order valence-electron chi connectivity index (χ0n) is 30.3. The summed E-state index contributed by atoms with van der Waals surface area (Å²) < 4.78 is 20.8. The Morgan fingerprint density at radius 1 is 0.577 bits per heavy atom.